The SMILES string of the molecule is CCCOc1ccccc1-c1ncnc(Cl)c1[N+](=O)[O-]. The molecule has 0 unspecified atom stereocenters. The largest absolute Gasteiger partial charge is 0.493 e. The fourth-order valence-corrected chi connectivity index (χ4v) is 1.92. The Kier molecular flexibility index (Phi) is 4.47. The molecule has 104 valence electrons. The van der Waals surface area contributed by atoms with Gasteiger partial charge in [0.15, 0.2) is 5.69 Å². The van der Waals surface area contributed by atoms with Gasteiger partial charge in [-0.15, -0.1) is 0 Å². The lowest BCUT2D eigenvalue weighted by atomic mass is 10.1. The maximum Gasteiger partial charge on any atom is 0.332 e. The molecule has 0 saturated carbocycles. The van der Waals surface area contributed by atoms with Crippen molar-refractivity contribution in [3.05, 3.63) is 45.9 Å². The molecule has 0 aliphatic rings. The first-order valence-electron chi connectivity index (χ1n) is 6.02. The molecule has 0 atom stereocenters. The van der Waals surface area contributed by atoms with E-state index < -0.39 is 4.92 Å². The molecule has 0 spiro atoms. The van der Waals surface area contributed by atoms with Gasteiger partial charge in [-0.3, -0.25) is 10.1 Å². The van der Waals surface area contributed by atoms with Crippen LogP contribution in [0.15, 0.2) is 30.6 Å². The highest BCUT2D eigenvalue weighted by Crippen LogP contribution is 2.37. The molecule has 1 aromatic carbocycles. The molecule has 0 bridgehead atoms. The number of hydrogen-bond donors (Lipinski definition) is 0. The maximum atomic E-state index is 11.1. The molecule has 0 radical (unpaired) electrons. The van der Waals surface area contributed by atoms with Crippen molar-refractivity contribution < 1.29 is 9.66 Å². The van der Waals surface area contributed by atoms with E-state index in [0.717, 1.165) is 6.42 Å². The number of halogens is 1. The van der Waals surface area contributed by atoms with Crippen molar-refractivity contribution in [2.24, 2.45) is 0 Å². The summed E-state index contributed by atoms with van der Waals surface area (Å²) in [4.78, 5) is 18.2. The highest BCUT2D eigenvalue weighted by atomic mass is 35.5. The summed E-state index contributed by atoms with van der Waals surface area (Å²) in [5.41, 5.74) is 0.361. The van der Waals surface area contributed by atoms with Crippen molar-refractivity contribution >= 4 is 17.3 Å². The van der Waals surface area contributed by atoms with Gasteiger partial charge in [-0.05, 0) is 18.6 Å². The topological polar surface area (TPSA) is 78.2 Å². The molecule has 0 aliphatic heterocycles. The van der Waals surface area contributed by atoms with Crippen LogP contribution in [0.1, 0.15) is 13.3 Å². The molecule has 1 heterocycles. The van der Waals surface area contributed by atoms with Crippen LogP contribution in [0, 0.1) is 10.1 Å². The second kappa shape index (κ2) is 6.29. The van der Waals surface area contributed by atoms with Gasteiger partial charge < -0.3 is 4.74 Å². The zero-order chi connectivity index (χ0) is 14.5. The van der Waals surface area contributed by atoms with Gasteiger partial charge in [0.05, 0.1) is 11.5 Å². The Labute approximate surface area is 120 Å². The van der Waals surface area contributed by atoms with Gasteiger partial charge in [-0.1, -0.05) is 30.7 Å². The summed E-state index contributed by atoms with van der Waals surface area (Å²) >= 11 is 5.80. The molecule has 0 aliphatic carbocycles. The lowest BCUT2D eigenvalue weighted by Gasteiger charge is -2.10. The average Bonchev–Trinajstić information content (AvgIpc) is 2.44. The highest BCUT2D eigenvalue weighted by Gasteiger charge is 2.24. The Morgan fingerprint density at radius 2 is 2.10 bits per heavy atom. The number of nitrogens with zero attached hydrogens (tertiary/aromatic N) is 3. The third-order valence-electron chi connectivity index (χ3n) is 2.56. The first-order valence-corrected chi connectivity index (χ1v) is 6.40. The summed E-state index contributed by atoms with van der Waals surface area (Å²) in [6, 6.07) is 7.00. The minimum absolute atomic E-state index is 0.154. The van der Waals surface area contributed by atoms with Crippen molar-refractivity contribution in [2.75, 3.05) is 6.61 Å². The third kappa shape index (κ3) is 2.85. The lowest BCUT2D eigenvalue weighted by molar-refractivity contribution is -0.384. The average molecular weight is 294 g/mol. The van der Waals surface area contributed by atoms with Gasteiger partial charge in [0.1, 0.15) is 12.1 Å². The molecule has 0 saturated heterocycles. The molecule has 20 heavy (non-hydrogen) atoms. The Hall–Kier alpha value is -2.21. The van der Waals surface area contributed by atoms with E-state index in [2.05, 4.69) is 9.97 Å². The molecule has 0 fully saturated rings. The summed E-state index contributed by atoms with van der Waals surface area (Å²) in [6.07, 6.45) is 2.03. The summed E-state index contributed by atoms with van der Waals surface area (Å²) < 4.78 is 5.59. The second-order valence-corrected chi connectivity index (χ2v) is 4.32. The Morgan fingerprint density at radius 1 is 1.35 bits per heavy atom. The summed E-state index contributed by atoms with van der Waals surface area (Å²) in [5.74, 6) is 0.534. The van der Waals surface area contributed by atoms with Crippen LogP contribution in [0.5, 0.6) is 5.75 Å². The number of benzene rings is 1. The van der Waals surface area contributed by atoms with E-state index in [4.69, 9.17) is 16.3 Å². The number of nitro groups is 1. The number of ether oxygens (including phenoxy) is 1. The van der Waals surface area contributed by atoms with E-state index in [0.29, 0.717) is 17.9 Å². The van der Waals surface area contributed by atoms with Crippen molar-refractivity contribution in [3.63, 3.8) is 0 Å². The first kappa shape index (κ1) is 14.2. The number of para-hydroxylation sites is 1. The third-order valence-corrected chi connectivity index (χ3v) is 2.84. The summed E-state index contributed by atoms with van der Waals surface area (Å²) in [7, 11) is 0. The zero-order valence-electron chi connectivity index (χ0n) is 10.7. The van der Waals surface area contributed by atoms with Gasteiger partial charge in [0.25, 0.3) is 0 Å². The van der Waals surface area contributed by atoms with E-state index in [-0.39, 0.29) is 16.5 Å². The zero-order valence-corrected chi connectivity index (χ0v) is 11.5. The van der Waals surface area contributed by atoms with Crippen molar-refractivity contribution in [2.45, 2.75) is 13.3 Å². The molecular weight excluding hydrogens is 282 g/mol. The standard InChI is InChI=1S/C13H12ClN3O3/c1-2-7-20-10-6-4-3-5-9(10)11-12(17(18)19)13(14)16-8-15-11/h3-6,8H,2,7H2,1H3. The molecule has 7 heteroatoms. The van der Waals surface area contributed by atoms with E-state index in [9.17, 15) is 10.1 Å². The van der Waals surface area contributed by atoms with E-state index in [1.165, 1.54) is 6.33 Å². The second-order valence-electron chi connectivity index (χ2n) is 3.96. The Balaban J connectivity index is 2.57. The van der Waals surface area contributed by atoms with Crippen molar-refractivity contribution in [3.8, 4) is 17.0 Å². The number of hydrogen-bond acceptors (Lipinski definition) is 5. The van der Waals surface area contributed by atoms with E-state index >= 15 is 0 Å². The molecule has 0 N–H and O–H groups in total. The van der Waals surface area contributed by atoms with Crippen LogP contribution in [0.3, 0.4) is 0 Å². The molecule has 1 aromatic heterocycles. The van der Waals surface area contributed by atoms with Crippen LogP contribution >= 0.6 is 11.6 Å². The van der Waals surface area contributed by atoms with Crippen LogP contribution in [0.2, 0.25) is 5.15 Å². The fraction of sp³-hybridized carbons (Fsp3) is 0.231. The van der Waals surface area contributed by atoms with Crippen LogP contribution in [0.25, 0.3) is 11.3 Å². The smallest absolute Gasteiger partial charge is 0.332 e. The van der Waals surface area contributed by atoms with Crippen LogP contribution in [-0.2, 0) is 0 Å². The maximum absolute atomic E-state index is 11.1. The van der Waals surface area contributed by atoms with Gasteiger partial charge >= 0.3 is 5.69 Å². The lowest BCUT2D eigenvalue weighted by Crippen LogP contribution is -2.01. The van der Waals surface area contributed by atoms with Crippen LogP contribution < -0.4 is 4.74 Å². The number of aromatic nitrogens is 2. The van der Waals surface area contributed by atoms with Crippen LogP contribution in [-0.4, -0.2) is 21.5 Å². The summed E-state index contributed by atoms with van der Waals surface area (Å²) in [5, 5.41) is 11.0. The molecule has 2 rings (SSSR count). The van der Waals surface area contributed by atoms with Gasteiger partial charge in [0, 0.05) is 5.56 Å². The molecular formula is C13H12ClN3O3. The Morgan fingerprint density at radius 3 is 2.80 bits per heavy atom. The highest BCUT2D eigenvalue weighted by molar-refractivity contribution is 6.31. The normalized spacial score (nSPS) is 10.3. The van der Waals surface area contributed by atoms with E-state index in [1.54, 1.807) is 24.3 Å². The Bertz CT molecular complexity index is 634. The number of rotatable bonds is 5. The predicted molar refractivity (Wildman–Crippen MR) is 74.9 cm³/mol. The monoisotopic (exact) mass is 293 g/mol. The van der Waals surface area contributed by atoms with Crippen molar-refractivity contribution in [1.29, 1.82) is 0 Å². The molecule has 6 nitrogen and oxygen atoms in total. The van der Waals surface area contributed by atoms with Gasteiger partial charge in [-0.2, -0.15) is 0 Å². The van der Waals surface area contributed by atoms with Gasteiger partial charge in [-0.25, -0.2) is 9.97 Å². The minimum atomic E-state index is -0.589. The van der Waals surface area contributed by atoms with Crippen LogP contribution in [0.4, 0.5) is 5.69 Å². The predicted octanol–water partition coefficient (Wildman–Crippen LogP) is 3.49. The molecule has 0 amide bonds. The minimum Gasteiger partial charge on any atom is -0.493 e. The van der Waals surface area contributed by atoms with E-state index in [1.807, 2.05) is 6.92 Å². The summed E-state index contributed by atoms with van der Waals surface area (Å²) in [6.45, 7) is 2.50. The fourth-order valence-electron chi connectivity index (χ4n) is 1.72. The molecule has 2 aromatic rings. The first-order chi connectivity index (χ1) is 9.65. The quantitative estimate of drug-likeness (QED) is 0.479. The van der Waals surface area contributed by atoms with Crippen molar-refractivity contribution in [1.82, 2.24) is 9.97 Å². The van der Waals surface area contributed by atoms with Gasteiger partial charge in [0.2, 0.25) is 5.15 Å².